The monoisotopic (exact) mass is 422 g/mol. The minimum absolute atomic E-state index is 0.158. The van der Waals surface area contributed by atoms with Crippen LogP contribution in [-0.4, -0.2) is 32.8 Å². The van der Waals surface area contributed by atoms with Gasteiger partial charge in [0.1, 0.15) is 6.54 Å². The molecule has 0 saturated carbocycles. The second-order valence-electron chi connectivity index (χ2n) is 7.40. The SMILES string of the molecule is Cc1ccc(CN(C)C(=O)CN(c2ccccc2)S(=O)(=O)c2ccc(C)cc2)cc1. The Morgan fingerprint density at radius 2 is 1.33 bits per heavy atom. The number of anilines is 1. The summed E-state index contributed by atoms with van der Waals surface area (Å²) in [5.74, 6) is -0.282. The van der Waals surface area contributed by atoms with E-state index in [4.69, 9.17) is 0 Å². The zero-order chi connectivity index (χ0) is 21.7. The minimum atomic E-state index is -3.89. The van der Waals surface area contributed by atoms with Gasteiger partial charge in [0.2, 0.25) is 5.91 Å². The van der Waals surface area contributed by atoms with Gasteiger partial charge < -0.3 is 4.90 Å². The lowest BCUT2D eigenvalue weighted by atomic mass is 10.1. The van der Waals surface area contributed by atoms with Crippen LogP contribution in [0, 0.1) is 13.8 Å². The van der Waals surface area contributed by atoms with Crippen LogP contribution in [0.15, 0.2) is 83.8 Å². The van der Waals surface area contributed by atoms with E-state index in [1.165, 1.54) is 4.31 Å². The van der Waals surface area contributed by atoms with Crippen LogP contribution < -0.4 is 4.31 Å². The van der Waals surface area contributed by atoms with Crippen molar-refractivity contribution in [1.29, 1.82) is 0 Å². The fourth-order valence-electron chi connectivity index (χ4n) is 3.05. The van der Waals surface area contributed by atoms with Gasteiger partial charge in [0, 0.05) is 13.6 Å². The van der Waals surface area contributed by atoms with Crippen molar-refractivity contribution in [1.82, 2.24) is 4.90 Å². The summed E-state index contributed by atoms with van der Waals surface area (Å²) < 4.78 is 27.9. The average Bonchev–Trinajstić information content (AvgIpc) is 2.74. The first-order chi connectivity index (χ1) is 14.3. The fraction of sp³-hybridized carbons (Fsp3) is 0.208. The molecule has 0 fully saturated rings. The van der Waals surface area contributed by atoms with E-state index in [1.807, 2.05) is 44.2 Å². The summed E-state index contributed by atoms with van der Waals surface area (Å²) in [5.41, 5.74) is 3.56. The standard InChI is InChI=1S/C24H26N2O3S/c1-19-9-13-21(14-10-19)17-25(3)24(27)18-26(22-7-5-4-6-8-22)30(28,29)23-15-11-20(2)12-16-23/h4-16H,17-18H2,1-3H3. The summed E-state index contributed by atoms with van der Waals surface area (Å²) in [5, 5.41) is 0. The van der Waals surface area contributed by atoms with Crippen LogP contribution in [0.1, 0.15) is 16.7 Å². The van der Waals surface area contributed by atoms with E-state index in [2.05, 4.69) is 0 Å². The molecule has 0 saturated heterocycles. The Kier molecular flexibility index (Phi) is 6.57. The number of hydrogen-bond donors (Lipinski definition) is 0. The number of benzene rings is 3. The third kappa shape index (κ3) is 5.07. The second-order valence-corrected chi connectivity index (χ2v) is 9.26. The van der Waals surface area contributed by atoms with E-state index in [1.54, 1.807) is 60.5 Å². The van der Waals surface area contributed by atoms with Gasteiger partial charge in [0.25, 0.3) is 10.0 Å². The lowest BCUT2D eigenvalue weighted by molar-refractivity contribution is -0.128. The molecule has 30 heavy (non-hydrogen) atoms. The van der Waals surface area contributed by atoms with Gasteiger partial charge in [-0.1, -0.05) is 65.7 Å². The molecule has 0 aliphatic carbocycles. The molecule has 1 amide bonds. The highest BCUT2D eigenvalue weighted by molar-refractivity contribution is 7.92. The van der Waals surface area contributed by atoms with Gasteiger partial charge in [-0.15, -0.1) is 0 Å². The van der Waals surface area contributed by atoms with Gasteiger partial charge in [0.15, 0.2) is 0 Å². The smallest absolute Gasteiger partial charge is 0.264 e. The summed E-state index contributed by atoms with van der Waals surface area (Å²) in [6, 6.07) is 23.3. The van der Waals surface area contributed by atoms with Crippen molar-refractivity contribution in [2.24, 2.45) is 0 Å². The van der Waals surface area contributed by atoms with Crippen LogP contribution >= 0.6 is 0 Å². The van der Waals surface area contributed by atoms with E-state index >= 15 is 0 Å². The highest BCUT2D eigenvalue weighted by Gasteiger charge is 2.28. The molecule has 0 atom stereocenters. The molecule has 0 bridgehead atoms. The van der Waals surface area contributed by atoms with Crippen molar-refractivity contribution < 1.29 is 13.2 Å². The third-order valence-electron chi connectivity index (χ3n) is 4.90. The first-order valence-corrected chi connectivity index (χ1v) is 11.2. The van der Waals surface area contributed by atoms with Crippen molar-refractivity contribution in [3.63, 3.8) is 0 Å². The summed E-state index contributed by atoms with van der Waals surface area (Å²) in [6.07, 6.45) is 0. The Labute approximate surface area is 178 Å². The second kappa shape index (κ2) is 9.13. The van der Waals surface area contributed by atoms with Crippen LogP contribution in [0.5, 0.6) is 0 Å². The Hall–Kier alpha value is -3.12. The molecule has 3 aromatic rings. The Bertz CT molecular complexity index is 1090. The van der Waals surface area contributed by atoms with Crippen LogP contribution in [-0.2, 0) is 21.4 Å². The van der Waals surface area contributed by atoms with Crippen molar-refractivity contribution >= 4 is 21.6 Å². The van der Waals surface area contributed by atoms with Gasteiger partial charge in [-0.05, 0) is 43.7 Å². The van der Waals surface area contributed by atoms with Crippen molar-refractivity contribution in [3.8, 4) is 0 Å². The summed E-state index contributed by atoms with van der Waals surface area (Å²) in [4.78, 5) is 14.7. The molecular formula is C24H26N2O3S. The van der Waals surface area contributed by atoms with E-state index in [9.17, 15) is 13.2 Å². The van der Waals surface area contributed by atoms with E-state index in [-0.39, 0.29) is 17.3 Å². The predicted octanol–water partition coefficient (Wildman–Crippen LogP) is 4.16. The van der Waals surface area contributed by atoms with Crippen LogP contribution in [0.25, 0.3) is 0 Å². The van der Waals surface area contributed by atoms with Gasteiger partial charge in [-0.25, -0.2) is 8.42 Å². The average molecular weight is 423 g/mol. The maximum atomic E-state index is 13.4. The van der Waals surface area contributed by atoms with E-state index in [0.29, 0.717) is 12.2 Å². The molecule has 0 N–H and O–H groups in total. The van der Waals surface area contributed by atoms with E-state index < -0.39 is 10.0 Å². The number of likely N-dealkylation sites (N-methyl/N-ethyl adjacent to an activating group) is 1. The number of carbonyl (C=O) groups excluding carboxylic acids is 1. The molecule has 0 aliphatic heterocycles. The topological polar surface area (TPSA) is 57.7 Å². The summed E-state index contributed by atoms with van der Waals surface area (Å²) in [6.45, 7) is 4.04. The Balaban J connectivity index is 1.86. The molecule has 3 aromatic carbocycles. The van der Waals surface area contributed by atoms with Crippen LogP contribution in [0.3, 0.4) is 0 Å². The fourth-order valence-corrected chi connectivity index (χ4v) is 4.46. The molecule has 0 unspecified atom stereocenters. The molecule has 0 heterocycles. The summed E-state index contributed by atoms with van der Waals surface area (Å²) in [7, 11) is -2.21. The molecule has 6 heteroatoms. The predicted molar refractivity (Wildman–Crippen MR) is 120 cm³/mol. The first kappa shape index (κ1) is 21.6. The number of amides is 1. The molecule has 3 rings (SSSR count). The van der Waals surface area contributed by atoms with E-state index in [0.717, 1.165) is 16.7 Å². The lowest BCUT2D eigenvalue weighted by Gasteiger charge is -2.26. The van der Waals surface area contributed by atoms with Gasteiger partial charge in [-0.2, -0.15) is 0 Å². The Morgan fingerprint density at radius 3 is 1.90 bits per heavy atom. The lowest BCUT2D eigenvalue weighted by Crippen LogP contribution is -2.41. The first-order valence-electron chi connectivity index (χ1n) is 9.71. The number of carbonyl (C=O) groups is 1. The van der Waals surface area contributed by atoms with Crippen LogP contribution in [0.2, 0.25) is 0 Å². The highest BCUT2D eigenvalue weighted by atomic mass is 32.2. The van der Waals surface area contributed by atoms with Crippen molar-refractivity contribution in [2.45, 2.75) is 25.3 Å². The van der Waals surface area contributed by atoms with Gasteiger partial charge in [-0.3, -0.25) is 9.10 Å². The molecular weight excluding hydrogens is 396 g/mol. The largest absolute Gasteiger partial charge is 0.340 e. The number of nitrogens with zero attached hydrogens (tertiary/aromatic N) is 2. The quantitative estimate of drug-likeness (QED) is 0.575. The highest BCUT2D eigenvalue weighted by Crippen LogP contribution is 2.24. The molecule has 5 nitrogen and oxygen atoms in total. The number of para-hydroxylation sites is 1. The van der Waals surface area contributed by atoms with Crippen molar-refractivity contribution in [3.05, 3.63) is 95.6 Å². The number of aryl methyl sites for hydroxylation is 2. The number of sulfonamides is 1. The number of hydrogen-bond acceptors (Lipinski definition) is 3. The molecule has 0 radical (unpaired) electrons. The molecule has 0 spiro atoms. The third-order valence-corrected chi connectivity index (χ3v) is 6.69. The zero-order valence-electron chi connectivity index (χ0n) is 17.4. The summed E-state index contributed by atoms with van der Waals surface area (Å²) >= 11 is 0. The van der Waals surface area contributed by atoms with Crippen molar-refractivity contribution in [2.75, 3.05) is 17.9 Å². The molecule has 0 aliphatic rings. The zero-order valence-corrected chi connectivity index (χ0v) is 18.3. The number of rotatable bonds is 7. The van der Waals surface area contributed by atoms with Gasteiger partial charge >= 0.3 is 0 Å². The molecule has 156 valence electrons. The maximum absolute atomic E-state index is 13.4. The minimum Gasteiger partial charge on any atom is -0.340 e. The maximum Gasteiger partial charge on any atom is 0.264 e. The van der Waals surface area contributed by atoms with Gasteiger partial charge in [0.05, 0.1) is 10.6 Å². The van der Waals surface area contributed by atoms with Crippen LogP contribution in [0.4, 0.5) is 5.69 Å². The normalized spacial score (nSPS) is 11.2. The molecule has 0 aromatic heterocycles. The Morgan fingerprint density at radius 1 is 0.800 bits per heavy atom.